The molecule has 1 N–H and O–H groups in total. The van der Waals surface area contributed by atoms with Crippen LogP contribution in [0.2, 0.25) is 0 Å². The Hall–Kier alpha value is -0.610. The maximum atomic E-state index is 10.7. The zero-order chi connectivity index (χ0) is 11.4. The van der Waals surface area contributed by atoms with Crippen LogP contribution in [0.15, 0.2) is 0 Å². The summed E-state index contributed by atoms with van der Waals surface area (Å²) < 4.78 is 11.0. The van der Waals surface area contributed by atoms with Crippen LogP contribution in [-0.2, 0) is 14.3 Å². The Bertz CT molecular complexity index is 235. The first kappa shape index (κ1) is 11.9. The van der Waals surface area contributed by atoms with E-state index in [4.69, 9.17) is 14.6 Å². The SMILES string of the molecule is O=C(O)C1CCC(COCC2CCCC2)O1. The van der Waals surface area contributed by atoms with Gasteiger partial charge in [-0.3, -0.25) is 0 Å². The van der Waals surface area contributed by atoms with E-state index in [0.29, 0.717) is 13.0 Å². The summed E-state index contributed by atoms with van der Waals surface area (Å²) in [6.45, 7) is 1.37. The third-order valence-electron chi connectivity index (χ3n) is 3.52. The first-order valence-corrected chi connectivity index (χ1v) is 6.21. The van der Waals surface area contributed by atoms with Crippen LogP contribution in [-0.4, -0.2) is 36.5 Å². The second-order valence-corrected chi connectivity index (χ2v) is 4.85. The lowest BCUT2D eigenvalue weighted by Crippen LogP contribution is -2.23. The molecule has 4 heteroatoms. The van der Waals surface area contributed by atoms with Gasteiger partial charge in [-0.1, -0.05) is 12.8 Å². The molecule has 92 valence electrons. The van der Waals surface area contributed by atoms with E-state index in [-0.39, 0.29) is 6.10 Å². The molecule has 2 aliphatic rings. The zero-order valence-corrected chi connectivity index (χ0v) is 9.56. The molecule has 1 aliphatic heterocycles. The van der Waals surface area contributed by atoms with Crippen molar-refractivity contribution in [2.75, 3.05) is 13.2 Å². The molecule has 4 nitrogen and oxygen atoms in total. The largest absolute Gasteiger partial charge is 0.479 e. The van der Waals surface area contributed by atoms with Crippen LogP contribution in [0, 0.1) is 5.92 Å². The van der Waals surface area contributed by atoms with Crippen molar-refractivity contribution >= 4 is 5.97 Å². The maximum Gasteiger partial charge on any atom is 0.332 e. The molecule has 0 aromatic heterocycles. The minimum absolute atomic E-state index is 0.0116. The molecule has 2 rings (SSSR count). The van der Waals surface area contributed by atoms with E-state index in [1.54, 1.807) is 0 Å². The average Bonchev–Trinajstić information content (AvgIpc) is 2.87. The van der Waals surface area contributed by atoms with Crippen LogP contribution in [0.3, 0.4) is 0 Å². The predicted molar refractivity (Wildman–Crippen MR) is 58.3 cm³/mol. The highest BCUT2D eigenvalue weighted by Gasteiger charge is 2.30. The first-order chi connectivity index (χ1) is 7.75. The van der Waals surface area contributed by atoms with Crippen molar-refractivity contribution in [2.24, 2.45) is 5.92 Å². The highest BCUT2D eigenvalue weighted by Crippen LogP contribution is 2.25. The van der Waals surface area contributed by atoms with Crippen molar-refractivity contribution in [3.05, 3.63) is 0 Å². The molecule has 0 bridgehead atoms. The molecule has 0 aromatic carbocycles. The van der Waals surface area contributed by atoms with Crippen LogP contribution in [0.4, 0.5) is 0 Å². The summed E-state index contributed by atoms with van der Waals surface area (Å²) in [6, 6.07) is 0. The second-order valence-electron chi connectivity index (χ2n) is 4.85. The Balaban J connectivity index is 1.58. The van der Waals surface area contributed by atoms with Gasteiger partial charge in [0.2, 0.25) is 0 Å². The summed E-state index contributed by atoms with van der Waals surface area (Å²) in [5.74, 6) is -0.130. The lowest BCUT2D eigenvalue weighted by molar-refractivity contribution is -0.150. The smallest absolute Gasteiger partial charge is 0.332 e. The number of ether oxygens (including phenoxy) is 2. The van der Waals surface area contributed by atoms with E-state index in [1.165, 1.54) is 25.7 Å². The Morgan fingerprint density at radius 1 is 1.19 bits per heavy atom. The van der Waals surface area contributed by atoms with Crippen molar-refractivity contribution in [3.63, 3.8) is 0 Å². The number of rotatable bonds is 5. The lowest BCUT2D eigenvalue weighted by atomic mass is 10.1. The molecule has 2 unspecified atom stereocenters. The van der Waals surface area contributed by atoms with Crippen molar-refractivity contribution in [2.45, 2.75) is 50.7 Å². The van der Waals surface area contributed by atoms with Gasteiger partial charge in [0.05, 0.1) is 12.7 Å². The highest BCUT2D eigenvalue weighted by molar-refractivity contribution is 5.72. The number of hydrogen-bond donors (Lipinski definition) is 1. The summed E-state index contributed by atoms with van der Waals surface area (Å²) in [7, 11) is 0. The fourth-order valence-corrected chi connectivity index (χ4v) is 2.55. The molecule has 16 heavy (non-hydrogen) atoms. The average molecular weight is 228 g/mol. The first-order valence-electron chi connectivity index (χ1n) is 6.21. The van der Waals surface area contributed by atoms with Crippen LogP contribution < -0.4 is 0 Å². The van der Waals surface area contributed by atoms with Gasteiger partial charge >= 0.3 is 5.97 Å². The van der Waals surface area contributed by atoms with E-state index in [9.17, 15) is 4.79 Å². The third kappa shape index (κ3) is 3.19. The number of carboxylic acid groups (broad SMARTS) is 1. The zero-order valence-electron chi connectivity index (χ0n) is 9.56. The van der Waals surface area contributed by atoms with Gasteiger partial charge in [0, 0.05) is 6.61 Å². The van der Waals surface area contributed by atoms with Gasteiger partial charge in [-0.2, -0.15) is 0 Å². The van der Waals surface area contributed by atoms with E-state index in [1.807, 2.05) is 0 Å². The quantitative estimate of drug-likeness (QED) is 0.780. The number of hydrogen-bond acceptors (Lipinski definition) is 3. The third-order valence-corrected chi connectivity index (χ3v) is 3.52. The van der Waals surface area contributed by atoms with Crippen LogP contribution in [0.5, 0.6) is 0 Å². The highest BCUT2D eigenvalue weighted by atomic mass is 16.6. The van der Waals surface area contributed by atoms with E-state index in [2.05, 4.69) is 0 Å². The molecular formula is C12H20O4. The summed E-state index contributed by atoms with van der Waals surface area (Å²) in [5.41, 5.74) is 0. The molecule has 0 spiro atoms. The summed E-state index contributed by atoms with van der Waals surface area (Å²) in [6.07, 6.45) is 6.02. The van der Waals surface area contributed by atoms with Crippen LogP contribution >= 0.6 is 0 Å². The number of carboxylic acids is 1. The van der Waals surface area contributed by atoms with E-state index >= 15 is 0 Å². The maximum absolute atomic E-state index is 10.7. The van der Waals surface area contributed by atoms with Crippen LogP contribution in [0.25, 0.3) is 0 Å². The molecule has 2 fully saturated rings. The Labute approximate surface area is 95.9 Å². The van der Waals surface area contributed by atoms with Crippen LogP contribution in [0.1, 0.15) is 38.5 Å². The Morgan fingerprint density at radius 3 is 2.56 bits per heavy atom. The number of aliphatic carboxylic acids is 1. The fourth-order valence-electron chi connectivity index (χ4n) is 2.55. The summed E-state index contributed by atoms with van der Waals surface area (Å²) in [5, 5.41) is 8.76. The van der Waals surface area contributed by atoms with Gasteiger partial charge in [0.1, 0.15) is 0 Å². The number of carbonyl (C=O) groups is 1. The van der Waals surface area contributed by atoms with Crippen molar-refractivity contribution in [3.8, 4) is 0 Å². The van der Waals surface area contributed by atoms with Gasteiger partial charge in [0.25, 0.3) is 0 Å². The molecule has 0 amide bonds. The molecule has 1 saturated carbocycles. The molecular weight excluding hydrogens is 208 g/mol. The van der Waals surface area contributed by atoms with Gasteiger partial charge in [0.15, 0.2) is 6.10 Å². The molecule has 1 aliphatic carbocycles. The van der Waals surface area contributed by atoms with Crippen molar-refractivity contribution in [1.29, 1.82) is 0 Å². The van der Waals surface area contributed by atoms with Gasteiger partial charge in [-0.05, 0) is 31.6 Å². The van der Waals surface area contributed by atoms with E-state index in [0.717, 1.165) is 18.9 Å². The minimum atomic E-state index is -0.849. The predicted octanol–water partition coefficient (Wildman–Crippen LogP) is 1.83. The molecule has 0 radical (unpaired) electrons. The Morgan fingerprint density at radius 2 is 1.94 bits per heavy atom. The Kier molecular flexibility index (Phi) is 4.18. The van der Waals surface area contributed by atoms with Crippen molar-refractivity contribution in [1.82, 2.24) is 0 Å². The van der Waals surface area contributed by atoms with E-state index < -0.39 is 12.1 Å². The minimum Gasteiger partial charge on any atom is -0.479 e. The summed E-state index contributed by atoms with van der Waals surface area (Å²) in [4.78, 5) is 10.7. The van der Waals surface area contributed by atoms with Gasteiger partial charge in [-0.25, -0.2) is 4.79 Å². The lowest BCUT2D eigenvalue weighted by Gasteiger charge is -2.14. The topological polar surface area (TPSA) is 55.8 Å². The standard InChI is InChI=1S/C12H20O4/c13-12(14)11-6-5-10(16-11)8-15-7-9-3-1-2-4-9/h9-11H,1-8H2,(H,13,14). The molecule has 1 saturated heterocycles. The fraction of sp³-hybridized carbons (Fsp3) is 0.917. The summed E-state index contributed by atoms with van der Waals surface area (Å²) >= 11 is 0. The van der Waals surface area contributed by atoms with Gasteiger partial charge < -0.3 is 14.6 Å². The molecule has 0 aromatic rings. The molecule has 2 atom stereocenters. The van der Waals surface area contributed by atoms with Gasteiger partial charge in [-0.15, -0.1) is 0 Å². The second kappa shape index (κ2) is 5.64. The normalized spacial score (nSPS) is 31.0. The monoisotopic (exact) mass is 228 g/mol. The van der Waals surface area contributed by atoms with Crippen molar-refractivity contribution < 1.29 is 19.4 Å². The molecule has 1 heterocycles.